The van der Waals surface area contributed by atoms with E-state index < -0.39 is 24.3 Å². The fourth-order valence-corrected chi connectivity index (χ4v) is 1.94. The third-order valence-electron chi connectivity index (χ3n) is 3.44. The first-order valence-electron chi connectivity index (χ1n) is 9.21. The summed E-state index contributed by atoms with van der Waals surface area (Å²) in [7, 11) is 0. The van der Waals surface area contributed by atoms with Crippen LogP contribution in [0.1, 0.15) is 39.0 Å². The Labute approximate surface area is 162 Å². The molecule has 0 aliphatic rings. The summed E-state index contributed by atoms with van der Waals surface area (Å²) in [5.74, 6) is -0.861. The molecule has 0 aromatic carbocycles. The van der Waals surface area contributed by atoms with Gasteiger partial charge in [0, 0.05) is 6.42 Å². The second-order valence-corrected chi connectivity index (χ2v) is 5.92. The predicted octanol–water partition coefficient (Wildman–Crippen LogP) is 3.46. The van der Waals surface area contributed by atoms with Gasteiger partial charge in [0.15, 0.2) is 0 Å². The Kier molecular flexibility index (Phi) is 15.8. The third-order valence-corrected chi connectivity index (χ3v) is 3.44. The van der Waals surface area contributed by atoms with Gasteiger partial charge in [-0.25, -0.2) is 0 Å². The summed E-state index contributed by atoms with van der Waals surface area (Å²) < 4.78 is 0. The van der Waals surface area contributed by atoms with E-state index in [4.69, 9.17) is 5.11 Å². The van der Waals surface area contributed by atoms with Gasteiger partial charge in [0.25, 0.3) is 0 Å². The van der Waals surface area contributed by atoms with Crippen molar-refractivity contribution in [3.05, 3.63) is 72.9 Å². The summed E-state index contributed by atoms with van der Waals surface area (Å²) >= 11 is 0. The summed E-state index contributed by atoms with van der Waals surface area (Å²) in [6.07, 6.45) is 20.9. The minimum absolute atomic E-state index is 0.0530. The lowest BCUT2D eigenvalue weighted by molar-refractivity contribution is -0.136. The molecule has 0 amide bonds. The van der Waals surface area contributed by atoms with E-state index in [0.29, 0.717) is 12.8 Å². The van der Waals surface area contributed by atoms with Gasteiger partial charge >= 0.3 is 5.97 Å². The largest absolute Gasteiger partial charge is 0.481 e. The number of hydrogen-bond acceptors (Lipinski definition) is 4. The lowest BCUT2D eigenvalue weighted by Gasteiger charge is -2.11. The van der Waals surface area contributed by atoms with Crippen molar-refractivity contribution in [3.8, 4) is 0 Å². The molecule has 0 aliphatic carbocycles. The summed E-state index contributed by atoms with van der Waals surface area (Å²) in [4.78, 5) is 10.4. The predicted molar refractivity (Wildman–Crippen MR) is 109 cm³/mol. The Morgan fingerprint density at radius 1 is 0.815 bits per heavy atom. The molecule has 0 rings (SSSR count). The number of aliphatic carboxylic acids is 1. The average molecular weight is 376 g/mol. The molecule has 5 nitrogen and oxygen atoms in total. The molecule has 5 heteroatoms. The molecule has 0 radical (unpaired) electrons. The van der Waals surface area contributed by atoms with E-state index in [1.165, 1.54) is 6.08 Å². The molecule has 0 heterocycles. The SMILES string of the molecule is CC/C=C\C[C@@H](O)/C=C/C=C/C=C\C=C/[C@@H](O)C(O)C/C=C\CCC(=O)O. The zero-order chi connectivity index (χ0) is 20.3. The van der Waals surface area contributed by atoms with Crippen molar-refractivity contribution in [1.82, 2.24) is 0 Å². The highest BCUT2D eigenvalue weighted by atomic mass is 16.4. The van der Waals surface area contributed by atoms with Gasteiger partial charge in [0.2, 0.25) is 0 Å². The van der Waals surface area contributed by atoms with Gasteiger partial charge in [0.1, 0.15) is 0 Å². The Bertz CT molecular complexity index is 555. The molecule has 0 aromatic rings. The van der Waals surface area contributed by atoms with Crippen LogP contribution in [-0.4, -0.2) is 44.7 Å². The van der Waals surface area contributed by atoms with Gasteiger partial charge in [-0.15, -0.1) is 0 Å². The average Bonchev–Trinajstić information content (AvgIpc) is 2.63. The monoisotopic (exact) mass is 376 g/mol. The molecule has 0 bridgehead atoms. The van der Waals surface area contributed by atoms with Gasteiger partial charge in [-0.3, -0.25) is 4.79 Å². The van der Waals surface area contributed by atoms with Crippen molar-refractivity contribution in [2.45, 2.75) is 57.3 Å². The van der Waals surface area contributed by atoms with E-state index in [9.17, 15) is 20.1 Å². The van der Waals surface area contributed by atoms with Crippen molar-refractivity contribution < 1.29 is 25.2 Å². The third kappa shape index (κ3) is 17.0. The number of carbonyl (C=O) groups is 1. The second-order valence-electron chi connectivity index (χ2n) is 5.92. The van der Waals surface area contributed by atoms with Gasteiger partial charge < -0.3 is 20.4 Å². The van der Waals surface area contributed by atoms with Crippen LogP contribution >= 0.6 is 0 Å². The van der Waals surface area contributed by atoms with Crippen LogP contribution in [0.4, 0.5) is 0 Å². The maximum Gasteiger partial charge on any atom is 0.303 e. The maximum atomic E-state index is 10.4. The first-order chi connectivity index (χ1) is 13.0. The van der Waals surface area contributed by atoms with Crippen LogP contribution < -0.4 is 0 Å². The zero-order valence-corrected chi connectivity index (χ0v) is 15.9. The van der Waals surface area contributed by atoms with Gasteiger partial charge in [-0.2, -0.15) is 0 Å². The lowest BCUT2D eigenvalue weighted by atomic mass is 10.1. The van der Waals surface area contributed by atoms with Crippen LogP contribution in [0.5, 0.6) is 0 Å². The second kappa shape index (κ2) is 17.2. The molecule has 0 aliphatic heterocycles. The smallest absolute Gasteiger partial charge is 0.303 e. The molecule has 0 aromatic heterocycles. The Morgan fingerprint density at radius 3 is 2.04 bits per heavy atom. The van der Waals surface area contributed by atoms with Crippen LogP contribution in [0.2, 0.25) is 0 Å². The molecule has 0 fully saturated rings. The molecule has 4 N–H and O–H groups in total. The van der Waals surface area contributed by atoms with Crippen LogP contribution in [-0.2, 0) is 4.79 Å². The highest BCUT2D eigenvalue weighted by molar-refractivity contribution is 5.66. The number of rotatable bonds is 14. The van der Waals surface area contributed by atoms with E-state index >= 15 is 0 Å². The Balaban J connectivity index is 4.06. The molecular formula is C22H32O5. The Morgan fingerprint density at radius 2 is 1.41 bits per heavy atom. The molecule has 0 spiro atoms. The van der Waals surface area contributed by atoms with Gasteiger partial charge in [0.05, 0.1) is 18.3 Å². The summed E-state index contributed by atoms with van der Waals surface area (Å²) in [6, 6.07) is 0. The first kappa shape index (κ1) is 24.8. The van der Waals surface area contributed by atoms with Crippen LogP contribution in [0.25, 0.3) is 0 Å². The highest BCUT2D eigenvalue weighted by Crippen LogP contribution is 2.03. The molecule has 1 unspecified atom stereocenters. The van der Waals surface area contributed by atoms with Crippen molar-refractivity contribution in [2.75, 3.05) is 0 Å². The fourth-order valence-electron chi connectivity index (χ4n) is 1.94. The van der Waals surface area contributed by atoms with Crippen LogP contribution in [0.15, 0.2) is 72.9 Å². The zero-order valence-electron chi connectivity index (χ0n) is 15.9. The van der Waals surface area contributed by atoms with E-state index in [1.54, 1.807) is 54.7 Å². The number of aliphatic hydroxyl groups excluding tert-OH is 3. The summed E-state index contributed by atoms with van der Waals surface area (Å²) in [5, 5.41) is 37.7. The molecule has 0 saturated heterocycles. The van der Waals surface area contributed by atoms with E-state index in [1.807, 2.05) is 19.1 Å². The number of carboxylic acid groups (broad SMARTS) is 1. The molecule has 27 heavy (non-hydrogen) atoms. The molecular weight excluding hydrogens is 344 g/mol. The summed E-state index contributed by atoms with van der Waals surface area (Å²) in [5.41, 5.74) is 0. The number of hydrogen-bond donors (Lipinski definition) is 4. The highest BCUT2D eigenvalue weighted by Gasteiger charge is 2.10. The molecule has 0 saturated carbocycles. The maximum absolute atomic E-state index is 10.4. The Hall–Kier alpha value is -2.21. The van der Waals surface area contributed by atoms with Crippen molar-refractivity contribution in [1.29, 1.82) is 0 Å². The standard InChI is InChI=1S/C22H32O5/c1-2-3-9-14-19(23)15-10-6-4-5-7-11-16-20(24)21(25)17-12-8-13-18-22(26)27/h3-12,15-16,19-21,23-25H,2,13-14,17-18H2,1H3,(H,26,27)/b6-4+,7-5-,9-3-,12-8-,15-10+,16-11-/t19-,20-,21?/m1/s1. The van der Waals surface area contributed by atoms with E-state index in [2.05, 4.69) is 0 Å². The number of carboxylic acids is 1. The van der Waals surface area contributed by atoms with Crippen LogP contribution in [0.3, 0.4) is 0 Å². The van der Waals surface area contributed by atoms with Crippen molar-refractivity contribution in [2.24, 2.45) is 0 Å². The van der Waals surface area contributed by atoms with Crippen LogP contribution in [0, 0.1) is 0 Å². The summed E-state index contributed by atoms with van der Waals surface area (Å²) in [6.45, 7) is 2.05. The first-order valence-corrected chi connectivity index (χ1v) is 9.21. The quantitative estimate of drug-likeness (QED) is 0.275. The van der Waals surface area contributed by atoms with Crippen molar-refractivity contribution >= 4 is 5.97 Å². The van der Waals surface area contributed by atoms with Gasteiger partial charge in [-0.05, 0) is 25.7 Å². The van der Waals surface area contributed by atoms with Gasteiger partial charge in [-0.1, -0.05) is 79.8 Å². The molecule has 150 valence electrons. The minimum atomic E-state index is -0.992. The van der Waals surface area contributed by atoms with E-state index in [-0.39, 0.29) is 12.8 Å². The fraction of sp³-hybridized carbons (Fsp3) is 0.409. The number of allylic oxidation sites excluding steroid dienone is 8. The number of aliphatic hydroxyl groups is 3. The normalized spacial score (nSPS) is 16.6. The molecule has 3 atom stereocenters. The topological polar surface area (TPSA) is 98.0 Å². The lowest BCUT2D eigenvalue weighted by Crippen LogP contribution is -2.22. The minimum Gasteiger partial charge on any atom is -0.481 e. The van der Waals surface area contributed by atoms with Crippen molar-refractivity contribution in [3.63, 3.8) is 0 Å². The van der Waals surface area contributed by atoms with E-state index in [0.717, 1.165) is 6.42 Å².